The summed E-state index contributed by atoms with van der Waals surface area (Å²) in [7, 11) is 0. The second-order valence-electron chi connectivity index (χ2n) is 2.68. The van der Waals surface area contributed by atoms with E-state index < -0.39 is 0 Å². The van der Waals surface area contributed by atoms with Crippen LogP contribution in [0.3, 0.4) is 0 Å². The van der Waals surface area contributed by atoms with Gasteiger partial charge in [-0.1, -0.05) is 19.1 Å². The molecule has 0 fully saturated rings. The Hall–Kier alpha value is -1.03. The zero-order valence-electron chi connectivity index (χ0n) is 7.36. The van der Waals surface area contributed by atoms with E-state index >= 15 is 0 Å². The summed E-state index contributed by atoms with van der Waals surface area (Å²) in [6.07, 6.45) is 0.674. The van der Waals surface area contributed by atoms with Gasteiger partial charge in [0.2, 0.25) is 0 Å². The molecule has 0 aliphatic rings. The molecule has 0 N–H and O–H groups in total. The zero-order chi connectivity index (χ0) is 9.84. The van der Waals surface area contributed by atoms with E-state index in [9.17, 15) is 10.1 Å². The lowest BCUT2D eigenvalue weighted by atomic mass is 10.0. The smallest absolute Gasteiger partial charge is 0.258 e. The summed E-state index contributed by atoms with van der Waals surface area (Å²) < 4.78 is 0. The summed E-state index contributed by atoms with van der Waals surface area (Å²) in [5, 5.41) is 10.6. The molecule has 1 rings (SSSR count). The number of rotatable bonds is 3. The van der Waals surface area contributed by atoms with Gasteiger partial charge in [0.1, 0.15) is 0 Å². The SMILES string of the molecule is CCc1c(CS)cccc1[N+](=O)[O-]. The second-order valence-corrected chi connectivity index (χ2v) is 3.00. The zero-order valence-corrected chi connectivity index (χ0v) is 8.25. The van der Waals surface area contributed by atoms with E-state index in [0.717, 1.165) is 11.1 Å². The van der Waals surface area contributed by atoms with Crippen LogP contribution in [-0.2, 0) is 12.2 Å². The molecule has 0 atom stereocenters. The maximum absolute atomic E-state index is 10.6. The van der Waals surface area contributed by atoms with Gasteiger partial charge >= 0.3 is 0 Å². The van der Waals surface area contributed by atoms with Crippen molar-refractivity contribution in [1.82, 2.24) is 0 Å². The highest BCUT2D eigenvalue weighted by Crippen LogP contribution is 2.23. The lowest BCUT2D eigenvalue weighted by Crippen LogP contribution is -1.97. The average molecular weight is 197 g/mol. The topological polar surface area (TPSA) is 43.1 Å². The van der Waals surface area contributed by atoms with Gasteiger partial charge in [-0.25, -0.2) is 0 Å². The molecule has 1 aromatic carbocycles. The first-order valence-electron chi connectivity index (χ1n) is 4.06. The summed E-state index contributed by atoms with van der Waals surface area (Å²) >= 11 is 4.13. The van der Waals surface area contributed by atoms with Crippen LogP contribution in [0.25, 0.3) is 0 Å². The maximum atomic E-state index is 10.6. The highest BCUT2D eigenvalue weighted by molar-refractivity contribution is 7.79. The molecular formula is C9H11NO2S. The van der Waals surface area contributed by atoms with Crippen LogP contribution in [0, 0.1) is 10.1 Å². The minimum atomic E-state index is -0.341. The molecule has 0 unspecified atom stereocenters. The minimum absolute atomic E-state index is 0.203. The molecule has 0 radical (unpaired) electrons. The average Bonchev–Trinajstić information content (AvgIpc) is 2.16. The van der Waals surface area contributed by atoms with Crippen LogP contribution >= 0.6 is 12.6 Å². The number of hydrogen-bond donors (Lipinski definition) is 1. The molecule has 0 bridgehead atoms. The van der Waals surface area contributed by atoms with Crippen molar-refractivity contribution in [2.24, 2.45) is 0 Å². The normalized spacial score (nSPS) is 10.0. The summed E-state index contributed by atoms with van der Waals surface area (Å²) in [6, 6.07) is 5.10. The molecular weight excluding hydrogens is 186 g/mol. The predicted octanol–water partition coefficient (Wildman–Crippen LogP) is 2.59. The molecule has 0 amide bonds. The molecule has 0 saturated carbocycles. The van der Waals surface area contributed by atoms with Crippen molar-refractivity contribution >= 4 is 18.3 Å². The predicted molar refractivity (Wildman–Crippen MR) is 55.2 cm³/mol. The third-order valence-corrected chi connectivity index (χ3v) is 2.31. The van der Waals surface area contributed by atoms with E-state index in [0.29, 0.717) is 12.2 Å². The molecule has 3 nitrogen and oxygen atoms in total. The van der Waals surface area contributed by atoms with Crippen molar-refractivity contribution in [2.75, 3.05) is 0 Å². The summed E-state index contributed by atoms with van der Waals surface area (Å²) in [5.74, 6) is 0.546. The number of nitro groups is 1. The third-order valence-electron chi connectivity index (χ3n) is 1.97. The first-order valence-corrected chi connectivity index (χ1v) is 4.70. The van der Waals surface area contributed by atoms with Crippen molar-refractivity contribution in [3.05, 3.63) is 39.4 Å². The quantitative estimate of drug-likeness (QED) is 0.460. The standard InChI is InChI=1S/C9H11NO2S/c1-2-8-7(6-13)4-3-5-9(8)10(11)12/h3-5,13H,2,6H2,1H3. The van der Waals surface area contributed by atoms with Crippen molar-refractivity contribution < 1.29 is 4.92 Å². The van der Waals surface area contributed by atoms with Gasteiger partial charge in [0.05, 0.1) is 4.92 Å². The van der Waals surface area contributed by atoms with Crippen LogP contribution in [0.2, 0.25) is 0 Å². The van der Waals surface area contributed by atoms with E-state index in [-0.39, 0.29) is 10.6 Å². The Morgan fingerprint density at radius 2 is 2.23 bits per heavy atom. The Morgan fingerprint density at radius 3 is 2.69 bits per heavy atom. The largest absolute Gasteiger partial charge is 0.272 e. The van der Waals surface area contributed by atoms with E-state index in [4.69, 9.17) is 0 Å². The van der Waals surface area contributed by atoms with E-state index in [1.165, 1.54) is 6.07 Å². The van der Waals surface area contributed by atoms with Gasteiger partial charge in [0, 0.05) is 17.4 Å². The molecule has 0 spiro atoms. The Morgan fingerprint density at radius 1 is 1.54 bits per heavy atom. The van der Waals surface area contributed by atoms with Crippen molar-refractivity contribution in [3.63, 3.8) is 0 Å². The molecule has 70 valence electrons. The highest BCUT2D eigenvalue weighted by Gasteiger charge is 2.14. The lowest BCUT2D eigenvalue weighted by molar-refractivity contribution is -0.385. The molecule has 0 saturated heterocycles. The van der Waals surface area contributed by atoms with Gasteiger partial charge in [-0.3, -0.25) is 10.1 Å². The van der Waals surface area contributed by atoms with Gasteiger partial charge < -0.3 is 0 Å². The molecule has 13 heavy (non-hydrogen) atoms. The van der Waals surface area contributed by atoms with E-state index in [2.05, 4.69) is 12.6 Å². The molecule has 0 aliphatic heterocycles. The van der Waals surface area contributed by atoms with Gasteiger partial charge in [0.25, 0.3) is 5.69 Å². The second kappa shape index (κ2) is 4.28. The summed E-state index contributed by atoms with van der Waals surface area (Å²) in [5.41, 5.74) is 1.94. The minimum Gasteiger partial charge on any atom is -0.258 e. The number of benzene rings is 1. The number of hydrogen-bond acceptors (Lipinski definition) is 3. The van der Waals surface area contributed by atoms with Crippen LogP contribution in [0.1, 0.15) is 18.1 Å². The molecule has 1 aromatic rings. The Labute approximate surface area is 82.3 Å². The molecule has 0 aromatic heterocycles. The van der Waals surface area contributed by atoms with Crippen LogP contribution in [0.4, 0.5) is 5.69 Å². The Kier molecular flexibility index (Phi) is 3.31. The van der Waals surface area contributed by atoms with Crippen LogP contribution in [0.5, 0.6) is 0 Å². The first-order chi connectivity index (χ1) is 6.20. The van der Waals surface area contributed by atoms with Crippen molar-refractivity contribution in [3.8, 4) is 0 Å². The van der Waals surface area contributed by atoms with E-state index in [1.807, 2.05) is 13.0 Å². The summed E-state index contributed by atoms with van der Waals surface area (Å²) in [4.78, 5) is 10.3. The van der Waals surface area contributed by atoms with Crippen molar-refractivity contribution in [1.29, 1.82) is 0 Å². The fourth-order valence-electron chi connectivity index (χ4n) is 1.35. The summed E-state index contributed by atoms with van der Waals surface area (Å²) in [6.45, 7) is 1.91. The van der Waals surface area contributed by atoms with Gasteiger partial charge in [-0.05, 0) is 12.0 Å². The van der Waals surface area contributed by atoms with Crippen LogP contribution < -0.4 is 0 Å². The van der Waals surface area contributed by atoms with Crippen LogP contribution in [-0.4, -0.2) is 4.92 Å². The Balaban J connectivity index is 3.27. The molecule has 4 heteroatoms. The fraction of sp³-hybridized carbons (Fsp3) is 0.333. The Bertz CT molecular complexity index is 325. The number of nitrogens with zero attached hydrogens (tertiary/aromatic N) is 1. The van der Waals surface area contributed by atoms with Gasteiger partial charge in [-0.15, -0.1) is 0 Å². The highest BCUT2D eigenvalue weighted by atomic mass is 32.1. The van der Waals surface area contributed by atoms with Crippen LogP contribution in [0.15, 0.2) is 18.2 Å². The van der Waals surface area contributed by atoms with Crippen molar-refractivity contribution in [2.45, 2.75) is 19.1 Å². The first kappa shape index (κ1) is 10.1. The molecule has 0 heterocycles. The number of thiol groups is 1. The fourth-order valence-corrected chi connectivity index (χ4v) is 1.64. The monoisotopic (exact) mass is 197 g/mol. The van der Waals surface area contributed by atoms with Gasteiger partial charge in [-0.2, -0.15) is 12.6 Å². The lowest BCUT2D eigenvalue weighted by Gasteiger charge is -2.04. The number of nitro benzene ring substituents is 1. The third kappa shape index (κ3) is 2.01. The maximum Gasteiger partial charge on any atom is 0.272 e. The van der Waals surface area contributed by atoms with Gasteiger partial charge in [0.15, 0.2) is 0 Å². The van der Waals surface area contributed by atoms with E-state index in [1.54, 1.807) is 6.07 Å². The molecule has 0 aliphatic carbocycles.